The van der Waals surface area contributed by atoms with Gasteiger partial charge in [-0.2, -0.15) is 0 Å². The first kappa shape index (κ1) is 13.3. The van der Waals surface area contributed by atoms with Crippen molar-refractivity contribution >= 4 is 0 Å². The first-order valence-corrected chi connectivity index (χ1v) is 5.75. The van der Waals surface area contributed by atoms with Gasteiger partial charge in [-0.05, 0) is 6.42 Å². The lowest BCUT2D eigenvalue weighted by molar-refractivity contribution is -0.0917. The normalized spacial score (nSPS) is 25.9. The summed E-state index contributed by atoms with van der Waals surface area (Å²) in [4.78, 5) is 1.64. The monoisotopic (exact) mass is 230 g/mol. The van der Waals surface area contributed by atoms with Crippen molar-refractivity contribution in [2.75, 3.05) is 19.8 Å². The van der Waals surface area contributed by atoms with Crippen LogP contribution in [-0.4, -0.2) is 46.8 Å². The van der Waals surface area contributed by atoms with Crippen molar-refractivity contribution < 1.29 is 14.9 Å². The van der Waals surface area contributed by atoms with Gasteiger partial charge < -0.3 is 25.2 Å². The smallest absolute Gasteiger partial charge is 0.212 e. The summed E-state index contributed by atoms with van der Waals surface area (Å²) in [5.74, 6) is -1.11. The van der Waals surface area contributed by atoms with E-state index in [4.69, 9.17) is 4.74 Å². The van der Waals surface area contributed by atoms with Crippen LogP contribution in [0.5, 0.6) is 0 Å². The maximum atomic E-state index is 9.81. The average Bonchev–Trinajstić information content (AvgIpc) is 2.53. The molecule has 0 aromatic heterocycles. The number of ether oxygens (including phenoxy) is 1. The summed E-state index contributed by atoms with van der Waals surface area (Å²) in [5.41, 5.74) is 0. The van der Waals surface area contributed by atoms with Crippen molar-refractivity contribution in [3.05, 3.63) is 12.4 Å². The predicted octanol–water partition coefficient (Wildman–Crippen LogP) is 0.206. The van der Waals surface area contributed by atoms with Crippen molar-refractivity contribution in [1.82, 2.24) is 10.2 Å². The molecule has 0 amide bonds. The van der Waals surface area contributed by atoms with E-state index >= 15 is 0 Å². The highest BCUT2D eigenvalue weighted by Crippen LogP contribution is 2.14. The van der Waals surface area contributed by atoms with Crippen molar-refractivity contribution in [1.29, 1.82) is 0 Å². The van der Waals surface area contributed by atoms with Crippen LogP contribution in [0.1, 0.15) is 26.7 Å². The van der Waals surface area contributed by atoms with Crippen molar-refractivity contribution in [2.24, 2.45) is 0 Å². The van der Waals surface area contributed by atoms with Crippen LogP contribution in [0.4, 0.5) is 0 Å². The minimum Gasteiger partial charge on any atom is -0.389 e. The van der Waals surface area contributed by atoms with Gasteiger partial charge in [-0.15, -0.1) is 0 Å². The van der Waals surface area contributed by atoms with Gasteiger partial charge in [-0.1, -0.05) is 13.3 Å². The Bertz CT molecular complexity index is 231. The summed E-state index contributed by atoms with van der Waals surface area (Å²) in [6.45, 7) is 5.07. The second-order valence-electron chi connectivity index (χ2n) is 4.22. The average molecular weight is 230 g/mol. The minimum atomic E-state index is -1.11. The zero-order valence-electron chi connectivity index (χ0n) is 10.0. The molecule has 0 fully saturated rings. The Morgan fingerprint density at radius 1 is 1.56 bits per heavy atom. The van der Waals surface area contributed by atoms with Crippen LogP contribution in [0.2, 0.25) is 0 Å². The number of hydrogen-bond acceptors (Lipinski definition) is 5. The van der Waals surface area contributed by atoms with E-state index < -0.39 is 12.0 Å². The fourth-order valence-electron chi connectivity index (χ4n) is 1.50. The largest absolute Gasteiger partial charge is 0.389 e. The Morgan fingerprint density at radius 3 is 2.88 bits per heavy atom. The van der Waals surface area contributed by atoms with E-state index in [0.29, 0.717) is 19.8 Å². The molecule has 0 aliphatic carbocycles. The van der Waals surface area contributed by atoms with Gasteiger partial charge in [0.2, 0.25) is 5.85 Å². The van der Waals surface area contributed by atoms with Crippen LogP contribution >= 0.6 is 0 Å². The summed E-state index contributed by atoms with van der Waals surface area (Å²) in [7, 11) is 0. The number of aliphatic hydroxyl groups is 2. The van der Waals surface area contributed by atoms with Gasteiger partial charge in [0.05, 0.1) is 19.3 Å². The van der Waals surface area contributed by atoms with Crippen LogP contribution in [0.25, 0.3) is 0 Å². The number of hydrogen-bond donors (Lipinski definition) is 3. The Labute approximate surface area is 96.7 Å². The van der Waals surface area contributed by atoms with Crippen molar-refractivity contribution in [3.63, 3.8) is 0 Å². The van der Waals surface area contributed by atoms with Crippen LogP contribution in [0.15, 0.2) is 12.4 Å². The molecule has 0 bridgehead atoms. The summed E-state index contributed by atoms with van der Waals surface area (Å²) in [6, 6.07) is 0. The molecular formula is C11H22N2O3. The number of aliphatic hydroxyl groups excluding tert-OH is 1. The zero-order valence-corrected chi connectivity index (χ0v) is 10.0. The molecule has 1 aliphatic heterocycles. The third kappa shape index (κ3) is 4.00. The molecular weight excluding hydrogens is 208 g/mol. The molecule has 5 nitrogen and oxygen atoms in total. The van der Waals surface area contributed by atoms with Gasteiger partial charge in [-0.3, -0.25) is 0 Å². The van der Waals surface area contributed by atoms with Crippen molar-refractivity contribution in [3.8, 4) is 0 Å². The molecule has 1 heterocycles. The first-order valence-electron chi connectivity index (χ1n) is 5.75. The van der Waals surface area contributed by atoms with Gasteiger partial charge >= 0.3 is 0 Å². The third-order valence-electron chi connectivity index (χ3n) is 2.53. The molecule has 0 radical (unpaired) electrons. The molecule has 0 aromatic carbocycles. The Hall–Kier alpha value is -0.780. The van der Waals surface area contributed by atoms with Gasteiger partial charge in [-0.25, -0.2) is 0 Å². The Kier molecular flexibility index (Phi) is 5.05. The Balaban J connectivity index is 2.18. The van der Waals surface area contributed by atoms with E-state index in [0.717, 1.165) is 12.8 Å². The quantitative estimate of drug-likeness (QED) is 0.546. The van der Waals surface area contributed by atoms with Crippen LogP contribution in [0.3, 0.4) is 0 Å². The predicted molar refractivity (Wildman–Crippen MR) is 61.3 cm³/mol. The Morgan fingerprint density at radius 2 is 2.31 bits per heavy atom. The SMILES string of the molecule is CCCCOCC(O)CN1C=CNC1(C)O. The van der Waals surface area contributed by atoms with E-state index in [9.17, 15) is 10.2 Å². The highest BCUT2D eigenvalue weighted by Gasteiger charge is 2.30. The molecule has 1 rings (SSSR count). The molecule has 2 atom stereocenters. The van der Waals surface area contributed by atoms with E-state index in [1.54, 1.807) is 24.2 Å². The van der Waals surface area contributed by atoms with Gasteiger partial charge in [0.15, 0.2) is 0 Å². The molecule has 1 aliphatic rings. The third-order valence-corrected chi connectivity index (χ3v) is 2.53. The summed E-state index contributed by atoms with van der Waals surface area (Å²) < 4.78 is 5.31. The van der Waals surface area contributed by atoms with Gasteiger partial charge in [0, 0.05) is 25.9 Å². The van der Waals surface area contributed by atoms with Gasteiger partial charge in [0.1, 0.15) is 0 Å². The number of rotatable bonds is 7. The second-order valence-corrected chi connectivity index (χ2v) is 4.22. The molecule has 0 aromatic rings. The number of nitrogens with one attached hydrogen (secondary N) is 1. The maximum Gasteiger partial charge on any atom is 0.212 e. The number of β-amino-alcohol motifs (C(OH)–C–C–N with tert-alkyl or cyclic N) is 1. The van der Waals surface area contributed by atoms with E-state index in [-0.39, 0.29) is 0 Å². The molecule has 2 unspecified atom stereocenters. The molecule has 16 heavy (non-hydrogen) atoms. The molecule has 94 valence electrons. The number of unbranched alkanes of at least 4 members (excludes halogenated alkanes) is 1. The second kappa shape index (κ2) is 6.08. The van der Waals surface area contributed by atoms with E-state index in [2.05, 4.69) is 12.2 Å². The van der Waals surface area contributed by atoms with Crippen molar-refractivity contribution in [2.45, 2.75) is 38.6 Å². The zero-order chi connectivity index (χ0) is 12.0. The van der Waals surface area contributed by atoms with Crippen LogP contribution in [0, 0.1) is 0 Å². The standard InChI is InChI=1S/C11H22N2O3/c1-3-4-7-16-9-10(14)8-13-6-5-12-11(13,2)15/h5-6,10,12,14-15H,3-4,7-9H2,1-2H3. The lowest BCUT2D eigenvalue weighted by Gasteiger charge is -2.32. The summed E-state index contributed by atoms with van der Waals surface area (Å²) in [6.07, 6.45) is 4.88. The summed E-state index contributed by atoms with van der Waals surface area (Å²) >= 11 is 0. The molecule has 0 saturated heterocycles. The highest BCUT2D eigenvalue weighted by molar-refractivity contribution is 4.97. The fourth-order valence-corrected chi connectivity index (χ4v) is 1.50. The highest BCUT2D eigenvalue weighted by atomic mass is 16.5. The topological polar surface area (TPSA) is 65.0 Å². The molecule has 3 N–H and O–H groups in total. The number of nitrogens with zero attached hydrogens (tertiary/aromatic N) is 1. The fraction of sp³-hybridized carbons (Fsp3) is 0.818. The maximum absolute atomic E-state index is 9.81. The lowest BCUT2D eigenvalue weighted by Crippen LogP contribution is -2.51. The minimum absolute atomic E-state index is 0.306. The van der Waals surface area contributed by atoms with Gasteiger partial charge in [0.25, 0.3) is 0 Å². The van der Waals surface area contributed by atoms with E-state index in [1.807, 2.05) is 0 Å². The molecule has 0 saturated carbocycles. The molecule has 5 heteroatoms. The van der Waals surface area contributed by atoms with E-state index in [1.165, 1.54) is 0 Å². The first-order chi connectivity index (χ1) is 7.56. The molecule has 0 spiro atoms. The van der Waals surface area contributed by atoms with Crippen LogP contribution in [-0.2, 0) is 4.74 Å². The lowest BCUT2D eigenvalue weighted by atomic mass is 10.3. The van der Waals surface area contributed by atoms with Crippen LogP contribution < -0.4 is 5.32 Å². The summed E-state index contributed by atoms with van der Waals surface area (Å²) in [5, 5.41) is 22.3.